The predicted molar refractivity (Wildman–Crippen MR) is 85.0 cm³/mol. The molecule has 1 aromatic rings. The van der Waals surface area contributed by atoms with E-state index in [1.165, 1.54) is 6.92 Å². The number of rotatable bonds is 4. The van der Waals surface area contributed by atoms with E-state index in [2.05, 4.69) is 5.32 Å². The van der Waals surface area contributed by atoms with Crippen LogP contribution in [0.25, 0.3) is 0 Å². The van der Waals surface area contributed by atoms with Crippen LogP contribution in [0.4, 0.5) is 13.2 Å². The summed E-state index contributed by atoms with van der Waals surface area (Å²) in [4.78, 5) is 12.0. The Morgan fingerprint density at radius 3 is 2.19 bits per heavy atom. The summed E-state index contributed by atoms with van der Waals surface area (Å²) in [5.74, 6) is -4.38. The largest absolute Gasteiger partial charge is 0.307 e. The van der Waals surface area contributed by atoms with Gasteiger partial charge < -0.3 is 5.32 Å². The monoisotopic (exact) mass is 413 g/mol. The topological polar surface area (TPSA) is 29.1 Å². The van der Waals surface area contributed by atoms with E-state index in [0.717, 1.165) is 0 Å². The summed E-state index contributed by atoms with van der Waals surface area (Å²) >= 11 is 1.57. The Bertz CT molecular complexity index is 538. The van der Waals surface area contributed by atoms with E-state index < -0.39 is 28.8 Å². The third kappa shape index (κ3) is 3.97. The van der Waals surface area contributed by atoms with Crippen molar-refractivity contribution in [3.05, 3.63) is 32.1 Å². The molecule has 0 aliphatic rings. The third-order valence-corrected chi connectivity index (χ3v) is 4.91. The van der Waals surface area contributed by atoms with Crippen molar-refractivity contribution in [1.82, 2.24) is 5.32 Å². The van der Waals surface area contributed by atoms with Crippen molar-refractivity contribution in [2.75, 3.05) is 6.54 Å². The van der Waals surface area contributed by atoms with Crippen LogP contribution >= 0.6 is 22.6 Å². The molecule has 0 fully saturated rings. The van der Waals surface area contributed by atoms with Crippen LogP contribution in [-0.4, -0.2) is 18.4 Å². The maximum Gasteiger partial charge on any atom is 0.182 e. The first kappa shape index (κ1) is 18.4. The fourth-order valence-corrected chi connectivity index (χ4v) is 2.13. The highest BCUT2D eigenvalue weighted by Gasteiger charge is 2.27. The van der Waals surface area contributed by atoms with Crippen LogP contribution in [0, 0.1) is 33.4 Å². The molecule has 21 heavy (non-hydrogen) atoms. The summed E-state index contributed by atoms with van der Waals surface area (Å²) in [5.41, 5.74) is -1.04. The summed E-state index contributed by atoms with van der Waals surface area (Å²) in [5, 5.41) is 2.92. The highest BCUT2D eigenvalue weighted by Crippen LogP contribution is 2.26. The van der Waals surface area contributed by atoms with Crippen molar-refractivity contribution in [2.45, 2.75) is 40.7 Å². The van der Waals surface area contributed by atoms with Crippen molar-refractivity contribution in [2.24, 2.45) is 5.41 Å². The lowest BCUT2D eigenvalue weighted by molar-refractivity contribution is 0.0971. The molecule has 2 nitrogen and oxygen atoms in total. The number of ketones is 1. The van der Waals surface area contributed by atoms with Gasteiger partial charge in [0.25, 0.3) is 0 Å². The Morgan fingerprint density at radius 1 is 1.19 bits per heavy atom. The van der Waals surface area contributed by atoms with Gasteiger partial charge in [0.15, 0.2) is 23.2 Å². The van der Waals surface area contributed by atoms with Gasteiger partial charge in [0.1, 0.15) is 0 Å². The van der Waals surface area contributed by atoms with Gasteiger partial charge in [-0.1, -0.05) is 20.8 Å². The average molecular weight is 413 g/mol. The molecule has 6 heteroatoms. The van der Waals surface area contributed by atoms with E-state index >= 15 is 0 Å². The van der Waals surface area contributed by atoms with Crippen LogP contribution in [0.15, 0.2) is 0 Å². The van der Waals surface area contributed by atoms with Crippen molar-refractivity contribution in [1.29, 1.82) is 0 Å². The van der Waals surface area contributed by atoms with Crippen LogP contribution in [0.3, 0.4) is 0 Å². The second-order valence-electron chi connectivity index (χ2n) is 6.15. The van der Waals surface area contributed by atoms with E-state index in [4.69, 9.17) is 0 Å². The van der Waals surface area contributed by atoms with E-state index in [1.807, 2.05) is 27.7 Å². The average Bonchev–Trinajstić information content (AvgIpc) is 2.39. The molecule has 1 atom stereocenters. The van der Waals surface area contributed by atoms with Crippen molar-refractivity contribution >= 4 is 28.4 Å². The molecule has 0 radical (unpaired) electrons. The molecule has 0 unspecified atom stereocenters. The molecule has 0 aliphatic heterocycles. The number of carbonyl (C=O) groups is 1. The molecule has 0 spiro atoms. The van der Waals surface area contributed by atoms with Crippen molar-refractivity contribution in [3.63, 3.8) is 0 Å². The number of benzene rings is 1. The first-order valence-electron chi connectivity index (χ1n) is 6.57. The van der Waals surface area contributed by atoms with E-state index in [9.17, 15) is 18.0 Å². The van der Waals surface area contributed by atoms with Gasteiger partial charge in [0, 0.05) is 11.6 Å². The molecule has 0 bridgehead atoms. The molecular weight excluding hydrogens is 394 g/mol. The van der Waals surface area contributed by atoms with Crippen molar-refractivity contribution in [3.8, 4) is 0 Å². The fourth-order valence-electron chi connectivity index (χ4n) is 1.63. The Hall–Kier alpha value is -0.630. The molecule has 0 saturated heterocycles. The van der Waals surface area contributed by atoms with Gasteiger partial charge >= 0.3 is 0 Å². The molecular formula is C15H19F3INO. The normalized spacial score (nSPS) is 13.4. The first-order chi connectivity index (χ1) is 9.48. The lowest BCUT2D eigenvalue weighted by atomic mass is 9.88. The predicted octanol–water partition coefficient (Wildman–Crippen LogP) is 4.22. The number of nitrogens with one attached hydrogen (secondary N) is 1. The zero-order valence-electron chi connectivity index (χ0n) is 12.7. The van der Waals surface area contributed by atoms with Crippen molar-refractivity contribution < 1.29 is 18.0 Å². The molecule has 0 aromatic heterocycles. The Labute approximate surface area is 136 Å². The smallest absolute Gasteiger partial charge is 0.182 e. The van der Waals surface area contributed by atoms with Gasteiger partial charge in [0.05, 0.1) is 15.7 Å². The number of carbonyl (C=O) groups excluding carboxylic acids is 1. The number of halogens is 4. The Balaban J connectivity index is 3.05. The highest BCUT2D eigenvalue weighted by molar-refractivity contribution is 14.1. The molecule has 1 N–H and O–H groups in total. The zero-order chi connectivity index (χ0) is 16.5. The van der Waals surface area contributed by atoms with Gasteiger partial charge in [0.2, 0.25) is 0 Å². The summed E-state index contributed by atoms with van der Waals surface area (Å²) in [7, 11) is 0. The van der Waals surface area contributed by atoms with Gasteiger partial charge in [-0.15, -0.1) is 0 Å². The summed E-state index contributed by atoms with van der Waals surface area (Å²) in [6, 6.07) is -0.0399. The van der Waals surface area contributed by atoms with Gasteiger partial charge in [-0.3, -0.25) is 4.79 Å². The lowest BCUT2D eigenvalue weighted by Gasteiger charge is -2.28. The fraction of sp³-hybridized carbons (Fsp3) is 0.533. The van der Waals surface area contributed by atoms with Crippen LogP contribution < -0.4 is 5.32 Å². The number of hydrogen-bond acceptors (Lipinski definition) is 2. The summed E-state index contributed by atoms with van der Waals surface area (Å²) < 4.78 is 41.5. The Morgan fingerprint density at radius 2 is 1.71 bits per heavy atom. The van der Waals surface area contributed by atoms with Crippen LogP contribution in [-0.2, 0) is 0 Å². The zero-order valence-corrected chi connectivity index (χ0v) is 14.9. The first-order valence-corrected chi connectivity index (χ1v) is 7.65. The van der Waals surface area contributed by atoms with Gasteiger partial charge in [-0.05, 0) is 41.9 Å². The Kier molecular flexibility index (Phi) is 5.83. The molecule has 0 amide bonds. The van der Waals surface area contributed by atoms with Gasteiger partial charge in [-0.25, -0.2) is 13.2 Å². The van der Waals surface area contributed by atoms with E-state index in [1.54, 1.807) is 22.6 Å². The molecule has 0 heterocycles. The van der Waals surface area contributed by atoms with E-state index in [0.29, 0.717) is 0 Å². The summed E-state index contributed by atoms with van der Waals surface area (Å²) in [6.45, 7) is 8.84. The molecule has 0 saturated carbocycles. The maximum absolute atomic E-state index is 14.0. The highest BCUT2D eigenvalue weighted by atomic mass is 127. The second kappa shape index (κ2) is 6.64. The third-order valence-electron chi connectivity index (χ3n) is 3.63. The molecule has 118 valence electrons. The van der Waals surface area contributed by atoms with Crippen LogP contribution in [0.1, 0.15) is 43.6 Å². The number of Topliss-reactive ketones (excluding diaryl/α,β-unsaturated/α-hetero) is 1. The molecule has 0 aliphatic carbocycles. The SMILES string of the molecule is Cc1c(F)c(F)c(C(=O)CN[C@@H](C)C(C)(C)C)c(F)c1I. The molecule has 1 aromatic carbocycles. The van der Waals surface area contributed by atoms with E-state index in [-0.39, 0.29) is 27.1 Å². The minimum Gasteiger partial charge on any atom is -0.307 e. The molecule has 1 rings (SSSR count). The van der Waals surface area contributed by atoms with Crippen LogP contribution in [0.2, 0.25) is 0 Å². The minimum atomic E-state index is -1.42. The summed E-state index contributed by atoms with van der Waals surface area (Å²) in [6.07, 6.45) is 0. The lowest BCUT2D eigenvalue weighted by Crippen LogP contribution is -2.40. The standard InChI is InChI=1S/C15H19F3INO/c1-7-11(16)12(17)10(13(18)14(7)19)9(21)6-20-8(2)15(3,4)5/h8,20H,6H2,1-5H3/t8-/m0/s1. The number of hydrogen-bond donors (Lipinski definition) is 1. The maximum atomic E-state index is 14.0. The van der Waals surface area contributed by atoms with Gasteiger partial charge in [-0.2, -0.15) is 0 Å². The minimum absolute atomic E-state index is 0.0399. The second-order valence-corrected chi connectivity index (χ2v) is 7.23. The quantitative estimate of drug-likeness (QED) is 0.455. The van der Waals surface area contributed by atoms with Crippen LogP contribution in [0.5, 0.6) is 0 Å².